The van der Waals surface area contributed by atoms with Gasteiger partial charge >= 0.3 is 6.03 Å². The molecule has 0 aliphatic carbocycles. The molecule has 1 aromatic rings. The molecule has 7 heteroatoms. The fourth-order valence-electron chi connectivity index (χ4n) is 2.11. The van der Waals surface area contributed by atoms with Gasteiger partial charge in [-0.2, -0.15) is 0 Å². The zero-order valence-electron chi connectivity index (χ0n) is 12.2. The SMILES string of the molecule is C=C1CCN(C(=O)NCc2cc(OCC(F)F)ccn2)CC1. The highest BCUT2D eigenvalue weighted by Crippen LogP contribution is 2.14. The quantitative estimate of drug-likeness (QED) is 0.850. The standard InChI is InChI=1S/C15H19F2N3O2/c1-11-3-6-20(7-4-11)15(21)19-9-12-8-13(2-5-18-12)22-10-14(16)17/h2,5,8,14H,1,3-4,6-7,9-10H2,(H,19,21). The monoisotopic (exact) mass is 311 g/mol. The molecule has 0 spiro atoms. The van der Waals surface area contributed by atoms with Crippen molar-refractivity contribution in [3.05, 3.63) is 36.2 Å². The predicted molar refractivity (Wildman–Crippen MR) is 77.9 cm³/mol. The Hall–Kier alpha value is -2.18. The Kier molecular flexibility index (Phi) is 5.68. The zero-order chi connectivity index (χ0) is 15.9. The summed E-state index contributed by atoms with van der Waals surface area (Å²) in [7, 11) is 0. The highest BCUT2D eigenvalue weighted by molar-refractivity contribution is 5.74. The van der Waals surface area contributed by atoms with Crippen molar-refractivity contribution in [1.82, 2.24) is 15.2 Å². The summed E-state index contributed by atoms with van der Waals surface area (Å²) in [5, 5.41) is 2.77. The summed E-state index contributed by atoms with van der Waals surface area (Å²) in [6, 6.07) is 2.89. The van der Waals surface area contributed by atoms with E-state index in [1.807, 2.05) is 0 Å². The van der Waals surface area contributed by atoms with Gasteiger partial charge in [0, 0.05) is 25.4 Å². The van der Waals surface area contributed by atoms with Gasteiger partial charge in [0.15, 0.2) is 0 Å². The molecule has 0 unspecified atom stereocenters. The van der Waals surface area contributed by atoms with Gasteiger partial charge in [-0.1, -0.05) is 12.2 Å². The fourth-order valence-corrected chi connectivity index (χ4v) is 2.11. The molecule has 1 aliphatic rings. The minimum absolute atomic E-state index is 0.159. The number of hydrogen-bond acceptors (Lipinski definition) is 3. The summed E-state index contributed by atoms with van der Waals surface area (Å²) in [5.74, 6) is 0.314. The fraction of sp³-hybridized carbons (Fsp3) is 0.467. The lowest BCUT2D eigenvalue weighted by Gasteiger charge is -2.28. The second-order valence-electron chi connectivity index (χ2n) is 5.08. The highest BCUT2D eigenvalue weighted by atomic mass is 19.3. The topological polar surface area (TPSA) is 54.5 Å². The van der Waals surface area contributed by atoms with Gasteiger partial charge in [-0.3, -0.25) is 4.98 Å². The van der Waals surface area contributed by atoms with E-state index in [-0.39, 0.29) is 12.6 Å². The first-order valence-corrected chi connectivity index (χ1v) is 7.10. The van der Waals surface area contributed by atoms with Crippen LogP contribution in [-0.4, -0.2) is 42.0 Å². The molecule has 1 fully saturated rings. The molecule has 0 radical (unpaired) electrons. The summed E-state index contributed by atoms with van der Waals surface area (Å²) >= 11 is 0. The first-order valence-electron chi connectivity index (χ1n) is 7.10. The number of nitrogens with one attached hydrogen (secondary N) is 1. The van der Waals surface area contributed by atoms with E-state index in [1.54, 1.807) is 11.0 Å². The largest absolute Gasteiger partial charge is 0.488 e. The summed E-state index contributed by atoms with van der Waals surface area (Å²) in [4.78, 5) is 17.8. The molecule has 2 rings (SSSR count). The van der Waals surface area contributed by atoms with Crippen molar-refractivity contribution in [2.24, 2.45) is 0 Å². The maximum atomic E-state index is 12.1. The minimum Gasteiger partial charge on any atom is -0.488 e. The predicted octanol–water partition coefficient (Wildman–Crippen LogP) is 2.59. The van der Waals surface area contributed by atoms with E-state index in [9.17, 15) is 13.6 Å². The number of alkyl halides is 2. The Morgan fingerprint density at radius 2 is 2.18 bits per heavy atom. The Bertz CT molecular complexity index is 527. The average Bonchev–Trinajstić information content (AvgIpc) is 2.52. The van der Waals surface area contributed by atoms with Gasteiger partial charge in [0.05, 0.1) is 12.2 Å². The van der Waals surface area contributed by atoms with Crippen LogP contribution in [0.2, 0.25) is 0 Å². The normalized spacial score (nSPS) is 15.0. The molecule has 1 saturated heterocycles. The smallest absolute Gasteiger partial charge is 0.317 e. The number of pyridine rings is 1. The van der Waals surface area contributed by atoms with Crippen LogP contribution in [0.3, 0.4) is 0 Å². The van der Waals surface area contributed by atoms with Crippen LogP contribution >= 0.6 is 0 Å². The van der Waals surface area contributed by atoms with Crippen LogP contribution in [0.5, 0.6) is 5.75 Å². The van der Waals surface area contributed by atoms with Crippen LogP contribution in [0.15, 0.2) is 30.5 Å². The Balaban J connectivity index is 1.82. The van der Waals surface area contributed by atoms with E-state index in [1.165, 1.54) is 12.3 Å². The number of carbonyl (C=O) groups is 1. The number of urea groups is 1. The van der Waals surface area contributed by atoms with Crippen LogP contribution in [0.4, 0.5) is 13.6 Å². The number of piperidine rings is 1. The van der Waals surface area contributed by atoms with E-state index in [4.69, 9.17) is 4.74 Å². The van der Waals surface area contributed by atoms with E-state index >= 15 is 0 Å². The second-order valence-corrected chi connectivity index (χ2v) is 5.08. The number of carbonyl (C=O) groups excluding carboxylic acids is 1. The van der Waals surface area contributed by atoms with Crippen LogP contribution < -0.4 is 10.1 Å². The van der Waals surface area contributed by atoms with Crippen molar-refractivity contribution in [3.8, 4) is 5.75 Å². The number of likely N-dealkylation sites (tertiary alicyclic amines) is 1. The molecule has 0 atom stereocenters. The van der Waals surface area contributed by atoms with E-state index in [0.717, 1.165) is 18.4 Å². The van der Waals surface area contributed by atoms with Gasteiger partial charge in [0.1, 0.15) is 12.4 Å². The Labute approximate surface area is 128 Å². The van der Waals surface area contributed by atoms with Gasteiger partial charge in [0.2, 0.25) is 0 Å². The van der Waals surface area contributed by atoms with Gasteiger partial charge in [0.25, 0.3) is 6.43 Å². The van der Waals surface area contributed by atoms with Gasteiger partial charge < -0.3 is 15.0 Å². The third kappa shape index (κ3) is 4.98. The lowest BCUT2D eigenvalue weighted by atomic mass is 10.1. The van der Waals surface area contributed by atoms with E-state index in [2.05, 4.69) is 16.9 Å². The van der Waals surface area contributed by atoms with Crippen LogP contribution in [-0.2, 0) is 6.54 Å². The number of nitrogens with zero attached hydrogens (tertiary/aromatic N) is 2. The molecule has 2 heterocycles. The zero-order valence-corrected chi connectivity index (χ0v) is 12.2. The van der Waals surface area contributed by atoms with Crippen molar-refractivity contribution < 1.29 is 18.3 Å². The Morgan fingerprint density at radius 1 is 1.45 bits per heavy atom. The average molecular weight is 311 g/mol. The number of amides is 2. The van der Waals surface area contributed by atoms with Gasteiger partial charge in [-0.25, -0.2) is 13.6 Å². The van der Waals surface area contributed by atoms with Crippen LogP contribution in [0.25, 0.3) is 0 Å². The molecule has 0 aromatic carbocycles. The molecular formula is C15H19F2N3O2. The summed E-state index contributed by atoms with van der Waals surface area (Å²) in [6.45, 7) is 4.80. The second kappa shape index (κ2) is 7.72. The third-order valence-corrected chi connectivity index (χ3v) is 3.34. The summed E-state index contributed by atoms with van der Waals surface area (Å²) < 4.78 is 29.1. The molecule has 22 heavy (non-hydrogen) atoms. The lowest BCUT2D eigenvalue weighted by Crippen LogP contribution is -2.42. The van der Waals surface area contributed by atoms with Crippen LogP contribution in [0.1, 0.15) is 18.5 Å². The highest BCUT2D eigenvalue weighted by Gasteiger charge is 2.17. The van der Waals surface area contributed by atoms with E-state index in [0.29, 0.717) is 24.5 Å². The van der Waals surface area contributed by atoms with Gasteiger partial charge in [-0.15, -0.1) is 0 Å². The maximum absolute atomic E-state index is 12.1. The van der Waals surface area contributed by atoms with Crippen molar-refractivity contribution in [2.75, 3.05) is 19.7 Å². The number of rotatable bonds is 5. The molecule has 0 saturated carbocycles. The number of hydrogen-bond donors (Lipinski definition) is 1. The van der Waals surface area contributed by atoms with Crippen molar-refractivity contribution in [3.63, 3.8) is 0 Å². The minimum atomic E-state index is -2.52. The van der Waals surface area contributed by atoms with Crippen LogP contribution in [0, 0.1) is 0 Å². The molecule has 120 valence electrons. The first-order chi connectivity index (χ1) is 10.5. The molecule has 1 N–H and O–H groups in total. The number of halogens is 2. The van der Waals surface area contributed by atoms with Crippen molar-refractivity contribution in [2.45, 2.75) is 25.8 Å². The van der Waals surface area contributed by atoms with E-state index < -0.39 is 13.0 Å². The molecule has 0 bridgehead atoms. The number of ether oxygens (including phenoxy) is 1. The molecule has 1 aromatic heterocycles. The van der Waals surface area contributed by atoms with Crippen molar-refractivity contribution >= 4 is 6.03 Å². The molecule has 5 nitrogen and oxygen atoms in total. The van der Waals surface area contributed by atoms with Crippen molar-refractivity contribution in [1.29, 1.82) is 0 Å². The lowest BCUT2D eigenvalue weighted by molar-refractivity contribution is 0.0818. The maximum Gasteiger partial charge on any atom is 0.317 e. The third-order valence-electron chi connectivity index (χ3n) is 3.34. The number of aromatic nitrogens is 1. The van der Waals surface area contributed by atoms with Gasteiger partial charge in [-0.05, 0) is 18.9 Å². The first kappa shape index (κ1) is 16.2. The Morgan fingerprint density at radius 3 is 2.86 bits per heavy atom. The summed E-state index contributed by atoms with van der Waals surface area (Å²) in [5.41, 5.74) is 1.72. The molecule has 2 amide bonds. The molecular weight excluding hydrogens is 292 g/mol. The summed E-state index contributed by atoms with van der Waals surface area (Å²) in [6.07, 6.45) is 0.587. The molecule has 1 aliphatic heterocycles.